The minimum absolute atomic E-state index is 0.0395. The molecule has 5 heteroatoms. The van der Waals surface area contributed by atoms with Crippen molar-refractivity contribution in [3.05, 3.63) is 29.3 Å². The first-order valence-electron chi connectivity index (χ1n) is 6.11. The summed E-state index contributed by atoms with van der Waals surface area (Å²) in [7, 11) is 0. The van der Waals surface area contributed by atoms with Gasteiger partial charge < -0.3 is 0 Å². The summed E-state index contributed by atoms with van der Waals surface area (Å²) in [6, 6.07) is 5.37. The van der Waals surface area contributed by atoms with Crippen molar-refractivity contribution >= 4 is 34.3 Å². The Labute approximate surface area is 116 Å². The van der Waals surface area contributed by atoms with Gasteiger partial charge in [0.05, 0.1) is 11.4 Å². The Bertz CT molecular complexity index is 551. The topological polar surface area (TPSA) is 61.2 Å². The summed E-state index contributed by atoms with van der Waals surface area (Å²) in [5.74, 6) is 0.378. The monoisotopic (exact) mass is 276 g/mol. The number of amidine groups is 1. The summed E-state index contributed by atoms with van der Waals surface area (Å²) >= 11 is 1.22. The Morgan fingerprint density at radius 1 is 1.42 bits per heavy atom. The molecule has 1 fully saturated rings. The van der Waals surface area contributed by atoms with Crippen molar-refractivity contribution in [2.75, 3.05) is 10.7 Å². The molecule has 1 heterocycles. The Morgan fingerprint density at radius 3 is 2.58 bits per heavy atom. The van der Waals surface area contributed by atoms with Gasteiger partial charge in [0.1, 0.15) is 0 Å². The molecule has 0 radical (unpaired) electrons. The van der Waals surface area contributed by atoms with Crippen molar-refractivity contribution in [2.24, 2.45) is 0 Å². The average Bonchev–Trinajstić information content (AvgIpc) is 2.68. The largest absolute Gasteiger partial charge is 0.295 e. The zero-order valence-electron chi connectivity index (χ0n) is 11.2. The van der Waals surface area contributed by atoms with Crippen molar-refractivity contribution in [1.29, 1.82) is 5.41 Å². The van der Waals surface area contributed by atoms with Crippen molar-refractivity contribution < 1.29 is 9.59 Å². The van der Waals surface area contributed by atoms with Crippen LogP contribution in [0.5, 0.6) is 0 Å². The maximum Gasteiger partial charge on any atom is 0.243 e. The number of carbonyl (C=O) groups is 2. The summed E-state index contributed by atoms with van der Waals surface area (Å²) in [6.45, 7) is 5.56. The van der Waals surface area contributed by atoms with Crippen LogP contribution >= 0.6 is 11.8 Å². The fourth-order valence-electron chi connectivity index (χ4n) is 2.06. The predicted molar refractivity (Wildman–Crippen MR) is 78.2 cm³/mol. The molecule has 0 bridgehead atoms. The van der Waals surface area contributed by atoms with Crippen molar-refractivity contribution in [3.63, 3.8) is 0 Å². The third-order valence-electron chi connectivity index (χ3n) is 3.08. The maximum atomic E-state index is 11.9. The van der Waals surface area contributed by atoms with Gasteiger partial charge in [0, 0.05) is 5.56 Å². The van der Waals surface area contributed by atoms with Gasteiger partial charge in [-0.3, -0.25) is 19.9 Å². The van der Waals surface area contributed by atoms with Crippen LogP contribution in [-0.4, -0.2) is 22.6 Å². The molecule has 1 N–H and O–H groups in total. The van der Waals surface area contributed by atoms with E-state index in [4.69, 9.17) is 5.41 Å². The second kappa shape index (κ2) is 5.17. The minimum atomic E-state index is -0.0994. The van der Waals surface area contributed by atoms with Crippen molar-refractivity contribution in [3.8, 4) is 0 Å². The van der Waals surface area contributed by atoms with E-state index in [0.29, 0.717) is 17.0 Å². The van der Waals surface area contributed by atoms with Gasteiger partial charge in [-0.05, 0) is 24.5 Å². The zero-order chi connectivity index (χ0) is 14.2. The second-order valence-electron chi connectivity index (χ2n) is 4.81. The van der Waals surface area contributed by atoms with E-state index in [1.54, 1.807) is 12.1 Å². The number of hydrogen-bond acceptors (Lipinski definition) is 4. The molecule has 0 atom stereocenters. The minimum Gasteiger partial charge on any atom is -0.295 e. The van der Waals surface area contributed by atoms with Crippen LogP contribution in [0.4, 0.5) is 5.69 Å². The van der Waals surface area contributed by atoms with E-state index >= 15 is 0 Å². The van der Waals surface area contributed by atoms with E-state index in [0.717, 1.165) is 5.56 Å². The summed E-state index contributed by atoms with van der Waals surface area (Å²) in [5.41, 5.74) is 2.21. The van der Waals surface area contributed by atoms with E-state index in [-0.39, 0.29) is 22.8 Å². The predicted octanol–water partition coefficient (Wildman–Crippen LogP) is 3.03. The van der Waals surface area contributed by atoms with Crippen LogP contribution in [-0.2, 0) is 4.79 Å². The van der Waals surface area contributed by atoms with Crippen LogP contribution in [0, 0.1) is 5.41 Å². The smallest absolute Gasteiger partial charge is 0.243 e. The normalized spacial score (nSPS) is 15.5. The van der Waals surface area contributed by atoms with E-state index in [1.807, 2.05) is 19.9 Å². The molecular formula is C14H16N2O2S. The lowest BCUT2D eigenvalue weighted by Gasteiger charge is -2.21. The average molecular weight is 276 g/mol. The molecule has 0 aliphatic carbocycles. The van der Waals surface area contributed by atoms with Crippen LogP contribution < -0.4 is 4.90 Å². The Balaban J connectivity index is 2.58. The van der Waals surface area contributed by atoms with Crippen LogP contribution in [0.15, 0.2) is 18.2 Å². The molecule has 1 aromatic carbocycles. The molecule has 1 aliphatic rings. The quantitative estimate of drug-likeness (QED) is 0.863. The molecule has 0 unspecified atom stereocenters. The molecule has 1 saturated heterocycles. The maximum absolute atomic E-state index is 11.9. The highest BCUT2D eigenvalue weighted by molar-refractivity contribution is 8.15. The number of carbonyl (C=O) groups excluding carboxylic acids is 2. The van der Waals surface area contributed by atoms with E-state index < -0.39 is 0 Å². The molecule has 1 aliphatic heterocycles. The highest BCUT2D eigenvalue weighted by atomic mass is 32.2. The Kier molecular flexibility index (Phi) is 3.75. The molecule has 0 saturated carbocycles. The van der Waals surface area contributed by atoms with Gasteiger partial charge in [-0.1, -0.05) is 37.7 Å². The molecule has 4 nitrogen and oxygen atoms in total. The van der Waals surface area contributed by atoms with E-state index in [1.165, 1.54) is 23.6 Å². The first kappa shape index (κ1) is 13.8. The number of nitrogens with zero attached hydrogens (tertiary/aromatic N) is 1. The van der Waals surface area contributed by atoms with Gasteiger partial charge in [-0.25, -0.2) is 0 Å². The zero-order valence-corrected chi connectivity index (χ0v) is 12.0. The fourth-order valence-corrected chi connectivity index (χ4v) is 2.78. The highest BCUT2D eigenvalue weighted by Gasteiger charge is 2.30. The first-order valence-corrected chi connectivity index (χ1v) is 7.09. The number of rotatable bonds is 3. The van der Waals surface area contributed by atoms with Gasteiger partial charge >= 0.3 is 0 Å². The Hall–Kier alpha value is -1.62. The molecule has 0 spiro atoms. The molecular weight excluding hydrogens is 260 g/mol. The Morgan fingerprint density at radius 2 is 2.11 bits per heavy atom. The van der Waals surface area contributed by atoms with Gasteiger partial charge in [0.2, 0.25) is 5.91 Å². The summed E-state index contributed by atoms with van der Waals surface area (Å²) in [6.07, 6.45) is 0. The van der Waals surface area contributed by atoms with Gasteiger partial charge in [0.25, 0.3) is 0 Å². The summed E-state index contributed by atoms with van der Waals surface area (Å²) < 4.78 is 0. The van der Waals surface area contributed by atoms with Crippen LogP contribution in [0.3, 0.4) is 0 Å². The lowest BCUT2D eigenvalue weighted by atomic mass is 9.97. The van der Waals surface area contributed by atoms with Gasteiger partial charge in [0.15, 0.2) is 11.0 Å². The number of nitrogens with one attached hydrogen (secondary N) is 1. The van der Waals surface area contributed by atoms with Gasteiger partial charge in [-0.2, -0.15) is 0 Å². The molecule has 0 aromatic heterocycles. The lowest BCUT2D eigenvalue weighted by molar-refractivity contribution is -0.115. The number of ketones is 1. The SMILES string of the molecule is CC(=O)c1ccc(C(C)C)c(N2C(=N)SCC2=O)c1. The van der Waals surface area contributed by atoms with Crippen molar-refractivity contribution in [2.45, 2.75) is 26.7 Å². The fraction of sp³-hybridized carbons (Fsp3) is 0.357. The van der Waals surface area contributed by atoms with Crippen LogP contribution in [0.25, 0.3) is 0 Å². The summed E-state index contributed by atoms with van der Waals surface area (Å²) in [5, 5.41) is 8.10. The van der Waals surface area contributed by atoms with Crippen molar-refractivity contribution in [1.82, 2.24) is 0 Å². The standard InChI is InChI=1S/C14H16N2O2S/c1-8(2)11-5-4-10(9(3)17)6-12(11)16-13(18)7-19-14(16)15/h4-6,8,15H,7H2,1-3H3. The number of Topliss-reactive ketones (excluding diaryl/α,β-unsaturated/α-hetero) is 1. The summed E-state index contributed by atoms with van der Waals surface area (Å²) in [4.78, 5) is 24.8. The number of benzene rings is 1. The van der Waals surface area contributed by atoms with E-state index in [2.05, 4.69) is 0 Å². The number of hydrogen-bond donors (Lipinski definition) is 1. The molecule has 100 valence electrons. The first-order chi connectivity index (χ1) is 8.91. The number of thioether (sulfide) groups is 1. The number of anilines is 1. The third kappa shape index (κ3) is 2.56. The van der Waals surface area contributed by atoms with Crippen LogP contribution in [0.1, 0.15) is 42.6 Å². The van der Waals surface area contributed by atoms with Crippen LogP contribution in [0.2, 0.25) is 0 Å². The molecule has 1 amide bonds. The lowest BCUT2D eigenvalue weighted by Crippen LogP contribution is -2.30. The molecule has 19 heavy (non-hydrogen) atoms. The van der Waals surface area contributed by atoms with E-state index in [9.17, 15) is 9.59 Å². The number of amides is 1. The molecule has 1 aromatic rings. The molecule has 2 rings (SSSR count). The second-order valence-corrected chi connectivity index (χ2v) is 5.77. The highest BCUT2D eigenvalue weighted by Crippen LogP contribution is 2.33. The third-order valence-corrected chi connectivity index (χ3v) is 3.93. The van der Waals surface area contributed by atoms with Gasteiger partial charge in [-0.15, -0.1) is 0 Å².